The predicted octanol–water partition coefficient (Wildman–Crippen LogP) is 8.82. The van der Waals surface area contributed by atoms with Gasteiger partial charge in [-0.3, -0.25) is 4.79 Å². The van der Waals surface area contributed by atoms with Crippen molar-refractivity contribution in [3.05, 3.63) is 66.3 Å². The van der Waals surface area contributed by atoms with Crippen LogP contribution in [0.15, 0.2) is 60.7 Å². The maximum atomic E-state index is 12.7. The van der Waals surface area contributed by atoms with Crippen LogP contribution in [0.2, 0.25) is 0 Å². The lowest BCUT2D eigenvalue weighted by Crippen LogP contribution is -2.25. The fourth-order valence-corrected chi connectivity index (χ4v) is 5.40. The third kappa shape index (κ3) is 11.7. The molecular formula is C35H51NO3. The van der Waals surface area contributed by atoms with Crippen LogP contribution in [-0.4, -0.2) is 43.7 Å². The van der Waals surface area contributed by atoms with Crippen molar-refractivity contribution >= 4 is 16.7 Å². The first kappa shape index (κ1) is 31.1. The summed E-state index contributed by atoms with van der Waals surface area (Å²) < 4.78 is 11.4. The molecule has 0 bridgehead atoms. The van der Waals surface area contributed by atoms with Crippen LogP contribution < -0.4 is 4.74 Å². The second-order valence-corrected chi connectivity index (χ2v) is 10.9. The molecule has 1 fully saturated rings. The van der Waals surface area contributed by atoms with E-state index in [0.717, 1.165) is 68.9 Å². The number of likely N-dealkylation sites (tertiary alicyclic amines) is 1. The number of hydrogen-bond donors (Lipinski definition) is 0. The number of carbonyl (C=O) groups is 1. The van der Waals surface area contributed by atoms with Crippen LogP contribution in [0, 0.1) is 0 Å². The minimum absolute atomic E-state index is 0.120. The molecule has 2 aromatic rings. The van der Waals surface area contributed by atoms with Gasteiger partial charge in [0.05, 0.1) is 6.10 Å². The smallest absolute Gasteiger partial charge is 0.311 e. The molecular weight excluding hydrogens is 482 g/mol. The molecule has 1 heterocycles. The molecule has 214 valence electrons. The van der Waals surface area contributed by atoms with Crippen molar-refractivity contribution in [2.24, 2.45) is 0 Å². The molecule has 1 aliphatic heterocycles. The van der Waals surface area contributed by atoms with Gasteiger partial charge in [0.15, 0.2) is 0 Å². The molecule has 0 aliphatic carbocycles. The van der Waals surface area contributed by atoms with Crippen molar-refractivity contribution in [2.45, 2.75) is 103 Å². The molecule has 1 aliphatic rings. The van der Waals surface area contributed by atoms with E-state index in [9.17, 15) is 4.79 Å². The number of allylic oxidation sites excluding steroid dienone is 4. The van der Waals surface area contributed by atoms with E-state index in [1.807, 2.05) is 12.1 Å². The first-order valence-corrected chi connectivity index (χ1v) is 15.5. The second kappa shape index (κ2) is 18.8. The summed E-state index contributed by atoms with van der Waals surface area (Å²) in [6, 6.07) is 12.4. The van der Waals surface area contributed by atoms with Crippen molar-refractivity contribution < 1.29 is 14.3 Å². The SMILES string of the molecule is CCCCC/C=C\C/C=C\CCCCCCCC(=O)Oc1cccc2cccc(CCN3CC[C@H](OC)C3)c12. The van der Waals surface area contributed by atoms with Crippen LogP contribution in [0.4, 0.5) is 0 Å². The van der Waals surface area contributed by atoms with Crippen LogP contribution in [0.25, 0.3) is 10.8 Å². The van der Waals surface area contributed by atoms with Crippen LogP contribution >= 0.6 is 0 Å². The van der Waals surface area contributed by atoms with Crippen molar-refractivity contribution in [1.82, 2.24) is 4.90 Å². The number of unbranched alkanes of at least 4 members (excludes halogenated alkanes) is 8. The van der Waals surface area contributed by atoms with Gasteiger partial charge in [-0.15, -0.1) is 0 Å². The number of benzene rings is 2. The van der Waals surface area contributed by atoms with Crippen molar-refractivity contribution in [1.29, 1.82) is 0 Å². The van der Waals surface area contributed by atoms with Crippen LogP contribution in [0.3, 0.4) is 0 Å². The molecule has 0 aromatic heterocycles. The normalized spacial score (nSPS) is 16.2. The summed E-state index contributed by atoms with van der Waals surface area (Å²) in [7, 11) is 1.80. The molecule has 4 heteroatoms. The van der Waals surface area contributed by atoms with Crippen molar-refractivity contribution in [2.75, 3.05) is 26.7 Å². The Morgan fingerprint density at radius 2 is 1.64 bits per heavy atom. The number of hydrogen-bond acceptors (Lipinski definition) is 4. The van der Waals surface area contributed by atoms with Gasteiger partial charge in [0.2, 0.25) is 0 Å². The van der Waals surface area contributed by atoms with Gasteiger partial charge in [0.25, 0.3) is 0 Å². The number of nitrogens with zero attached hydrogens (tertiary/aromatic N) is 1. The Balaban J connectivity index is 1.33. The number of fused-ring (bicyclic) bond motifs is 1. The van der Waals surface area contributed by atoms with Crippen LogP contribution in [-0.2, 0) is 16.0 Å². The number of methoxy groups -OCH3 is 1. The maximum Gasteiger partial charge on any atom is 0.311 e. The molecule has 0 radical (unpaired) electrons. The van der Waals surface area contributed by atoms with Gasteiger partial charge in [-0.2, -0.15) is 0 Å². The Labute approximate surface area is 237 Å². The lowest BCUT2D eigenvalue weighted by molar-refractivity contribution is -0.134. The summed E-state index contributed by atoms with van der Waals surface area (Å²) in [5.74, 6) is 0.581. The highest BCUT2D eigenvalue weighted by Gasteiger charge is 2.22. The Morgan fingerprint density at radius 3 is 2.38 bits per heavy atom. The second-order valence-electron chi connectivity index (χ2n) is 10.9. The fourth-order valence-electron chi connectivity index (χ4n) is 5.40. The van der Waals surface area contributed by atoms with Crippen molar-refractivity contribution in [3.63, 3.8) is 0 Å². The molecule has 1 saturated heterocycles. The summed E-state index contributed by atoms with van der Waals surface area (Å²) >= 11 is 0. The first-order chi connectivity index (χ1) is 19.2. The quantitative estimate of drug-likeness (QED) is 0.0782. The summed E-state index contributed by atoms with van der Waals surface area (Å²) in [4.78, 5) is 15.1. The van der Waals surface area contributed by atoms with E-state index >= 15 is 0 Å². The third-order valence-corrected chi connectivity index (χ3v) is 7.77. The topological polar surface area (TPSA) is 38.8 Å². The van der Waals surface area contributed by atoms with Crippen LogP contribution in [0.5, 0.6) is 5.75 Å². The third-order valence-electron chi connectivity index (χ3n) is 7.77. The minimum Gasteiger partial charge on any atom is -0.426 e. The zero-order valence-corrected chi connectivity index (χ0v) is 24.5. The molecule has 0 unspecified atom stereocenters. The predicted molar refractivity (Wildman–Crippen MR) is 164 cm³/mol. The molecule has 39 heavy (non-hydrogen) atoms. The van der Waals surface area contributed by atoms with E-state index in [4.69, 9.17) is 9.47 Å². The maximum absolute atomic E-state index is 12.7. The summed E-state index contributed by atoms with van der Waals surface area (Å²) in [6.07, 6.45) is 25.0. The first-order valence-electron chi connectivity index (χ1n) is 15.5. The zero-order valence-electron chi connectivity index (χ0n) is 24.5. The highest BCUT2D eigenvalue weighted by atomic mass is 16.5. The van der Waals surface area contributed by atoms with Crippen LogP contribution in [0.1, 0.15) is 96.0 Å². The standard InChI is InChI=1S/C35H51NO3/c1-3-4-5-6-7-8-9-10-11-12-13-14-15-16-17-24-34(37)39-33-23-19-22-30-20-18-21-31(35(30)33)25-27-36-28-26-32(29-36)38-2/h7-8,10-11,18-23,32H,3-6,9,12-17,24-29H2,1-2H3/b8-7-,11-10-/t32-/m0/s1. The largest absolute Gasteiger partial charge is 0.426 e. The lowest BCUT2D eigenvalue weighted by Gasteiger charge is -2.17. The van der Waals surface area contributed by atoms with Gasteiger partial charge in [-0.25, -0.2) is 0 Å². The van der Waals surface area contributed by atoms with E-state index in [0.29, 0.717) is 18.3 Å². The average Bonchev–Trinajstić information content (AvgIpc) is 3.42. The molecule has 0 saturated carbocycles. The Hall–Kier alpha value is -2.43. The summed E-state index contributed by atoms with van der Waals surface area (Å²) in [5, 5.41) is 2.21. The van der Waals surface area contributed by atoms with E-state index < -0.39 is 0 Å². The van der Waals surface area contributed by atoms with Gasteiger partial charge in [0.1, 0.15) is 5.75 Å². The minimum atomic E-state index is -0.120. The summed E-state index contributed by atoms with van der Waals surface area (Å²) in [5.41, 5.74) is 1.24. The lowest BCUT2D eigenvalue weighted by atomic mass is 10.0. The fraction of sp³-hybridized carbons (Fsp3) is 0.571. The van der Waals surface area contributed by atoms with E-state index in [-0.39, 0.29) is 5.97 Å². The molecule has 2 aromatic carbocycles. The zero-order chi connectivity index (χ0) is 27.5. The van der Waals surface area contributed by atoms with Gasteiger partial charge < -0.3 is 14.4 Å². The summed E-state index contributed by atoms with van der Waals surface area (Å²) in [6.45, 7) is 5.32. The number of carbonyl (C=O) groups excluding carboxylic acids is 1. The van der Waals surface area contributed by atoms with Gasteiger partial charge in [0, 0.05) is 38.6 Å². The van der Waals surface area contributed by atoms with Gasteiger partial charge in [-0.1, -0.05) is 93.7 Å². The molecule has 0 N–H and O–H groups in total. The van der Waals surface area contributed by atoms with Crippen molar-refractivity contribution in [3.8, 4) is 5.75 Å². The van der Waals surface area contributed by atoms with E-state index in [1.54, 1.807) is 7.11 Å². The number of esters is 1. The number of ether oxygens (including phenoxy) is 2. The highest BCUT2D eigenvalue weighted by molar-refractivity contribution is 5.93. The molecule has 4 nitrogen and oxygen atoms in total. The monoisotopic (exact) mass is 533 g/mol. The average molecular weight is 534 g/mol. The molecule has 0 amide bonds. The Bertz CT molecular complexity index is 1020. The Kier molecular flexibility index (Phi) is 15.0. The molecule has 0 spiro atoms. The highest BCUT2D eigenvalue weighted by Crippen LogP contribution is 2.30. The van der Waals surface area contributed by atoms with Gasteiger partial charge >= 0.3 is 5.97 Å². The number of rotatable bonds is 19. The molecule has 3 rings (SSSR count). The Morgan fingerprint density at radius 1 is 0.923 bits per heavy atom. The van der Waals surface area contributed by atoms with E-state index in [2.05, 4.69) is 60.4 Å². The van der Waals surface area contributed by atoms with E-state index in [1.165, 1.54) is 50.5 Å². The van der Waals surface area contributed by atoms with Gasteiger partial charge in [-0.05, 0) is 68.4 Å². The molecule has 1 atom stereocenters.